The standard InChI is InChI=1S/C14H18F4N2O2S.ClH/c15-9-6-10(16)13(18)14(12(9)17)23(21,22)20-11(7-19)8-4-2-1-3-5-8;/h6,8,11,20H,1-5,7,19H2;1H. The third-order valence-corrected chi connectivity index (χ3v) is 5.63. The van der Waals surface area contributed by atoms with Gasteiger partial charge < -0.3 is 5.73 Å². The summed E-state index contributed by atoms with van der Waals surface area (Å²) in [5.74, 6) is -7.52. The molecule has 0 heterocycles. The van der Waals surface area contributed by atoms with Gasteiger partial charge in [0.15, 0.2) is 28.2 Å². The molecule has 1 aliphatic carbocycles. The molecule has 1 unspecified atom stereocenters. The number of sulfonamides is 1. The molecule has 0 aromatic heterocycles. The fraction of sp³-hybridized carbons (Fsp3) is 0.571. The van der Waals surface area contributed by atoms with Crippen LogP contribution in [0.15, 0.2) is 11.0 Å². The summed E-state index contributed by atoms with van der Waals surface area (Å²) in [7, 11) is -4.79. The fourth-order valence-corrected chi connectivity index (χ4v) is 4.39. The predicted octanol–water partition coefficient (Wildman–Crippen LogP) is 2.85. The maximum absolute atomic E-state index is 13.7. The molecule has 2 rings (SSSR count). The van der Waals surface area contributed by atoms with Crippen LogP contribution in [0.3, 0.4) is 0 Å². The first-order chi connectivity index (χ1) is 10.8. The number of nitrogens with one attached hydrogen (secondary N) is 1. The average molecular weight is 391 g/mol. The number of nitrogens with two attached hydrogens (primary N) is 1. The Morgan fingerprint density at radius 2 is 1.58 bits per heavy atom. The van der Waals surface area contributed by atoms with Crippen LogP contribution in [0.1, 0.15) is 32.1 Å². The van der Waals surface area contributed by atoms with Gasteiger partial charge in [0, 0.05) is 18.7 Å². The third-order valence-electron chi connectivity index (χ3n) is 4.12. The Morgan fingerprint density at radius 1 is 1.08 bits per heavy atom. The molecule has 1 atom stereocenters. The van der Waals surface area contributed by atoms with E-state index in [2.05, 4.69) is 4.72 Å². The van der Waals surface area contributed by atoms with E-state index in [1.807, 2.05) is 0 Å². The Bertz CT molecular complexity index is 656. The molecule has 1 saturated carbocycles. The predicted molar refractivity (Wildman–Crippen MR) is 83.3 cm³/mol. The molecule has 0 amide bonds. The molecule has 1 aliphatic rings. The van der Waals surface area contributed by atoms with Crippen molar-refractivity contribution in [1.29, 1.82) is 0 Å². The number of hydrogen-bond acceptors (Lipinski definition) is 3. The number of rotatable bonds is 5. The zero-order valence-corrected chi connectivity index (χ0v) is 14.3. The largest absolute Gasteiger partial charge is 0.329 e. The smallest absolute Gasteiger partial charge is 0.246 e. The van der Waals surface area contributed by atoms with Crippen LogP contribution in [0.5, 0.6) is 0 Å². The van der Waals surface area contributed by atoms with Gasteiger partial charge in [-0.25, -0.2) is 30.7 Å². The van der Waals surface area contributed by atoms with Crippen LogP contribution >= 0.6 is 12.4 Å². The summed E-state index contributed by atoms with van der Waals surface area (Å²) in [5.41, 5.74) is 5.56. The molecule has 3 N–H and O–H groups in total. The van der Waals surface area contributed by atoms with Crippen molar-refractivity contribution in [2.24, 2.45) is 11.7 Å². The van der Waals surface area contributed by atoms with E-state index in [0.717, 1.165) is 32.1 Å². The van der Waals surface area contributed by atoms with Crippen LogP contribution in [0, 0.1) is 29.2 Å². The van der Waals surface area contributed by atoms with Gasteiger partial charge in [-0.1, -0.05) is 19.3 Å². The summed E-state index contributed by atoms with van der Waals surface area (Å²) >= 11 is 0. The monoisotopic (exact) mass is 390 g/mol. The first kappa shape index (κ1) is 21.1. The zero-order valence-electron chi connectivity index (χ0n) is 12.7. The molecule has 0 bridgehead atoms. The molecule has 24 heavy (non-hydrogen) atoms. The van der Waals surface area contributed by atoms with Crippen LogP contribution in [-0.4, -0.2) is 21.0 Å². The Kier molecular flexibility index (Phi) is 7.45. The first-order valence-corrected chi connectivity index (χ1v) is 8.81. The summed E-state index contributed by atoms with van der Waals surface area (Å²) in [4.78, 5) is -1.65. The van der Waals surface area contributed by atoms with E-state index in [1.54, 1.807) is 0 Å². The van der Waals surface area contributed by atoms with E-state index in [4.69, 9.17) is 5.73 Å². The molecule has 1 fully saturated rings. The second-order valence-corrected chi connectivity index (χ2v) is 7.31. The highest BCUT2D eigenvalue weighted by Crippen LogP contribution is 2.28. The summed E-state index contributed by atoms with van der Waals surface area (Å²) < 4.78 is 80.4. The van der Waals surface area contributed by atoms with Gasteiger partial charge in [0.05, 0.1) is 0 Å². The molecular formula is C14H19ClF4N2O2S. The van der Waals surface area contributed by atoms with Crippen molar-refractivity contribution < 1.29 is 26.0 Å². The van der Waals surface area contributed by atoms with Crippen molar-refractivity contribution in [3.8, 4) is 0 Å². The van der Waals surface area contributed by atoms with Gasteiger partial charge in [-0.05, 0) is 18.8 Å². The SMILES string of the molecule is Cl.NCC(NS(=O)(=O)c1c(F)c(F)cc(F)c1F)C1CCCCC1. The number of benzene rings is 1. The second-order valence-electron chi connectivity index (χ2n) is 5.66. The lowest BCUT2D eigenvalue weighted by Crippen LogP contribution is -2.46. The van der Waals surface area contributed by atoms with Gasteiger partial charge in [0.25, 0.3) is 0 Å². The highest BCUT2D eigenvalue weighted by atomic mass is 35.5. The Balaban J connectivity index is 0.00000288. The number of hydrogen-bond donors (Lipinski definition) is 2. The summed E-state index contributed by atoms with van der Waals surface area (Å²) in [6, 6.07) is -0.781. The Morgan fingerprint density at radius 3 is 2.04 bits per heavy atom. The van der Waals surface area contributed by atoms with Crippen LogP contribution < -0.4 is 10.5 Å². The topological polar surface area (TPSA) is 72.2 Å². The number of halogens is 5. The normalized spacial score (nSPS) is 17.4. The first-order valence-electron chi connectivity index (χ1n) is 7.33. The summed E-state index contributed by atoms with van der Waals surface area (Å²) in [5, 5.41) is 0. The molecule has 1 aromatic rings. The van der Waals surface area contributed by atoms with Crippen LogP contribution in [0.25, 0.3) is 0 Å². The maximum Gasteiger partial charge on any atom is 0.246 e. The van der Waals surface area contributed by atoms with Gasteiger partial charge in [-0.2, -0.15) is 0 Å². The van der Waals surface area contributed by atoms with Crippen molar-refractivity contribution in [2.45, 2.75) is 43.0 Å². The molecule has 4 nitrogen and oxygen atoms in total. The second kappa shape index (κ2) is 8.46. The maximum atomic E-state index is 13.7. The van der Waals surface area contributed by atoms with Crippen molar-refractivity contribution in [3.05, 3.63) is 29.3 Å². The van der Waals surface area contributed by atoms with Gasteiger partial charge >= 0.3 is 0 Å². The minimum absolute atomic E-state index is 0. The van der Waals surface area contributed by atoms with Crippen molar-refractivity contribution >= 4 is 22.4 Å². The molecule has 10 heteroatoms. The fourth-order valence-electron chi connectivity index (χ4n) is 2.92. The van der Waals surface area contributed by atoms with E-state index >= 15 is 0 Å². The van der Waals surface area contributed by atoms with Gasteiger partial charge in [-0.15, -0.1) is 12.4 Å². The van der Waals surface area contributed by atoms with E-state index in [0.29, 0.717) is 0 Å². The molecule has 0 aliphatic heterocycles. The molecule has 0 spiro atoms. The highest BCUT2D eigenvalue weighted by molar-refractivity contribution is 7.89. The third kappa shape index (κ3) is 4.38. The molecular weight excluding hydrogens is 372 g/mol. The van der Waals surface area contributed by atoms with E-state index in [9.17, 15) is 26.0 Å². The summed E-state index contributed by atoms with van der Waals surface area (Å²) in [6.07, 6.45) is 4.29. The highest BCUT2D eigenvalue weighted by Gasteiger charge is 2.33. The average Bonchev–Trinajstić information content (AvgIpc) is 2.51. The minimum atomic E-state index is -4.79. The molecule has 138 valence electrons. The van der Waals surface area contributed by atoms with Crippen LogP contribution in [0.2, 0.25) is 0 Å². The lowest BCUT2D eigenvalue weighted by Gasteiger charge is -2.29. The lowest BCUT2D eigenvalue weighted by atomic mass is 9.84. The lowest BCUT2D eigenvalue weighted by molar-refractivity contribution is 0.293. The van der Waals surface area contributed by atoms with Gasteiger partial charge in [0.2, 0.25) is 10.0 Å². The molecule has 0 radical (unpaired) electrons. The summed E-state index contributed by atoms with van der Waals surface area (Å²) in [6.45, 7) is -0.0784. The molecule has 0 saturated heterocycles. The molecule has 1 aromatic carbocycles. The minimum Gasteiger partial charge on any atom is -0.329 e. The van der Waals surface area contributed by atoms with Crippen molar-refractivity contribution in [2.75, 3.05) is 6.54 Å². The van der Waals surface area contributed by atoms with E-state index < -0.39 is 44.2 Å². The van der Waals surface area contributed by atoms with E-state index in [-0.39, 0.29) is 30.9 Å². The van der Waals surface area contributed by atoms with Crippen molar-refractivity contribution in [3.63, 3.8) is 0 Å². The quantitative estimate of drug-likeness (QED) is 0.600. The van der Waals surface area contributed by atoms with Crippen LogP contribution in [-0.2, 0) is 10.0 Å². The van der Waals surface area contributed by atoms with Gasteiger partial charge in [-0.3, -0.25) is 0 Å². The van der Waals surface area contributed by atoms with Gasteiger partial charge in [0.1, 0.15) is 0 Å². The Hall–Kier alpha value is -0.900. The van der Waals surface area contributed by atoms with E-state index in [1.165, 1.54) is 0 Å². The van der Waals surface area contributed by atoms with Crippen molar-refractivity contribution in [1.82, 2.24) is 4.72 Å². The zero-order chi connectivity index (χ0) is 17.2. The Labute approximate surface area is 144 Å². The van der Waals surface area contributed by atoms with Crippen LogP contribution in [0.4, 0.5) is 17.6 Å².